The van der Waals surface area contributed by atoms with Gasteiger partial charge in [0, 0.05) is 0 Å². The molecule has 106 valence electrons. The van der Waals surface area contributed by atoms with Gasteiger partial charge in [-0.05, 0) is 39.0 Å². The number of sulfonamides is 1. The molecule has 1 rings (SSSR count). The molecule has 19 heavy (non-hydrogen) atoms. The minimum Gasteiger partial charge on any atom is -0.478 e. The van der Waals surface area contributed by atoms with Gasteiger partial charge in [-0.3, -0.25) is 4.84 Å². The molecule has 0 bridgehead atoms. The molecule has 2 N–H and O–H groups in total. The monoisotopic (exact) mass is 307 g/mol. The van der Waals surface area contributed by atoms with Gasteiger partial charge < -0.3 is 5.11 Å². The topological polar surface area (TPSA) is 92.7 Å². The van der Waals surface area contributed by atoms with E-state index < -0.39 is 21.6 Å². The molecular weight excluding hydrogens is 294 g/mol. The predicted molar refractivity (Wildman–Crippen MR) is 69.6 cm³/mol. The zero-order valence-corrected chi connectivity index (χ0v) is 12.2. The highest BCUT2D eigenvalue weighted by molar-refractivity contribution is 7.89. The summed E-state index contributed by atoms with van der Waals surface area (Å²) in [6.07, 6.45) is 0. The standard InChI is InChI=1S/C11H14ClNO5S/c1-11(2,3)18-13-19(16,17)7-4-5-9(12)8(6-7)10(14)15/h4-6,13H,1-3H3,(H,14,15). The van der Waals surface area contributed by atoms with Crippen molar-refractivity contribution in [1.82, 2.24) is 4.89 Å². The van der Waals surface area contributed by atoms with Gasteiger partial charge in [-0.25, -0.2) is 13.2 Å². The van der Waals surface area contributed by atoms with E-state index >= 15 is 0 Å². The first-order valence-electron chi connectivity index (χ1n) is 5.25. The zero-order valence-electron chi connectivity index (χ0n) is 10.6. The number of carbonyl (C=O) groups is 1. The van der Waals surface area contributed by atoms with E-state index in [9.17, 15) is 13.2 Å². The minimum absolute atomic E-state index is 0.0387. The fourth-order valence-corrected chi connectivity index (χ4v) is 2.24. The SMILES string of the molecule is CC(C)(C)ONS(=O)(=O)c1ccc(Cl)c(C(=O)O)c1. The quantitative estimate of drug-likeness (QED) is 0.830. The summed E-state index contributed by atoms with van der Waals surface area (Å²) in [5, 5.41) is 8.85. The highest BCUT2D eigenvalue weighted by atomic mass is 35.5. The van der Waals surface area contributed by atoms with Gasteiger partial charge in [0.15, 0.2) is 0 Å². The van der Waals surface area contributed by atoms with Gasteiger partial charge in [0.1, 0.15) is 0 Å². The third kappa shape index (κ3) is 4.46. The maximum atomic E-state index is 11.9. The molecule has 0 spiro atoms. The predicted octanol–water partition coefficient (Wildman–Crippen LogP) is 2.05. The summed E-state index contributed by atoms with van der Waals surface area (Å²) < 4.78 is 23.8. The molecular formula is C11H14ClNO5S. The number of hydrogen-bond acceptors (Lipinski definition) is 4. The summed E-state index contributed by atoms with van der Waals surface area (Å²) in [5.41, 5.74) is -1.00. The molecule has 0 heterocycles. The van der Waals surface area contributed by atoms with Crippen LogP contribution in [0.25, 0.3) is 0 Å². The van der Waals surface area contributed by atoms with Crippen LogP contribution < -0.4 is 4.89 Å². The summed E-state index contributed by atoms with van der Waals surface area (Å²) in [4.78, 5) is 17.5. The van der Waals surface area contributed by atoms with Crippen molar-refractivity contribution in [2.75, 3.05) is 0 Å². The van der Waals surface area contributed by atoms with Gasteiger partial charge in [0.25, 0.3) is 10.0 Å². The lowest BCUT2D eigenvalue weighted by Gasteiger charge is -2.19. The molecule has 0 aliphatic heterocycles. The maximum Gasteiger partial charge on any atom is 0.337 e. The molecule has 0 atom stereocenters. The third-order valence-electron chi connectivity index (χ3n) is 1.94. The van der Waals surface area contributed by atoms with E-state index in [1.165, 1.54) is 12.1 Å². The van der Waals surface area contributed by atoms with Gasteiger partial charge in [-0.2, -0.15) is 0 Å². The van der Waals surface area contributed by atoms with E-state index in [1.807, 2.05) is 4.89 Å². The first-order valence-corrected chi connectivity index (χ1v) is 7.12. The number of nitrogens with one attached hydrogen (secondary N) is 1. The molecule has 0 fully saturated rings. The van der Waals surface area contributed by atoms with E-state index in [1.54, 1.807) is 20.8 Å². The number of hydrogen-bond donors (Lipinski definition) is 2. The zero-order chi connectivity index (χ0) is 14.8. The van der Waals surface area contributed by atoms with Gasteiger partial charge in [0.2, 0.25) is 0 Å². The van der Waals surface area contributed by atoms with Crippen LogP contribution in [0.5, 0.6) is 0 Å². The lowest BCUT2D eigenvalue weighted by molar-refractivity contribution is -0.0357. The molecule has 0 aliphatic carbocycles. The molecule has 0 radical (unpaired) electrons. The summed E-state index contributed by atoms with van der Waals surface area (Å²) in [7, 11) is -3.96. The number of carboxylic acids is 1. The highest BCUT2D eigenvalue weighted by Crippen LogP contribution is 2.21. The molecule has 0 aromatic heterocycles. The van der Waals surface area contributed by atoms with Crippen LogP contribution in [0.15, 0.2) is 23.1 Å². The average molecular weight is 308 g/mol. The Morgan fingerprint density at radius 3 is 2.42 bits per heavy atom. The molecule has 1 aromatic carbocycles. The van der Waals surface area contributed by atoms with Crippen molar-refractivity contribution in [3.63, 3.8) is 0 Å². The van der Waals surface area contributed by atoms with Crippen molar-refractivity contribution in [3.8, 4) is 0 Å². The van der Waals surface area contributed by atoms with E-state index in [0.717, 1.165) is 6.07 Å². The average Bonchev–Trinajstić information content (AvgIpc) is 2.25. The smallest absolute Gasteiger partial charge is 0.337 e. The summed E-state index contributed by atoms with van der Waals surface area (Å²) in [6.45, 7) is 5.00. The van der Waals surface area contributed by atoms with Crippen molar-refractivity contribution in [2.24, 2.45) is 0 Å². The Morgan fingerprint density at radius 2 is 1.95 bits per heavy atom. The van der Waals surface area contributed by atoms with Crippen LogP contribution in [0.3, 0.4) is 0 Å². The van der Waals surface area contributed by atoms with E-state index in [2.05, 4.69) is 0 Å². The molecule has 0 aliphatic rings. The Morgan fingerprint density at radius 1 is 1.37 bits per heavy atom. The molecule has 0 saturated heterocycles. The van der Waals surface area contributed by atoms with Crippen LogP contribution in [-0.2, 0) is 14.9 Å². The van der Waals surface area contributed by atoms with Crippen LogP contribution in [-0.4, -0.2) is 25.1 Å². The van der Waals surface area contributed by atoms with Crippen molar-refractivity contribution in [1.29, 1.82) is 0 Å². The molecule has 0 unspecified atom stereocenters. The van der Waals surface area contributed by atoms with E-state index in [4.69, 9.17) is 21.5 Å². The Bertz CT molecular complexity index is 592. The first kappa shape index (κ1) is 15.9. The number of aromatic carboxylic acids is 1. The van der Waals surface area contributed by atoms with Crippen molar-refractivity contribution in [2.45, 2.75) is 31.3 Å². The van der Waals surface area contributed by atoms with Gasteiger partial charge in [-0.15, -0.1) is 0 Å². The van der Waals surface area contributed by atoms with Gasteiger partial charge in [-0.1, -0.05) is 16.5 Å². The van der Waals surface area contributed by atoms with Crippen molar-refractivity contribution < 1.29 is 23.2 Å². The summed E-state index contributed by atoms with van der Waals surface area (Å²) >= 11 is 5.66. The third-order valence-corrected chi connectivity index (χ3v) is 3.44. The Balaban J connectivity index is 3.09. The fraction of sp³-hybridized carbons (Fsp3) is 0.364. The van der Waals surface area contributed by atoms with Gasteiger partial charge >= 0.3 is 5.97 Å². The lowest BCUT2D eigenvalue weighted by atomic mass is 10.2. The number of carboxylic acid groups (broad SMARTS) is 1. The van der Waals surface area contributed by atoms with Crippen molar-refractivity contribution >= 4 is 27.6 Å². The summed E-state index contributed by atoms with van der Waals surface area (Å²) in [5.74, 6) is -1.31. The Labute approximate surface area is 116 Å². The lowest BCUT2D eigenvalue weighted by Crippen LogP contribution is -2.33. The minimum atomic E-state index is -3.96. The van der Waals surface area contributed by atoms with Crippen LogP contribution in [0.2, 0.25) is 5.02 Å². The second-order valence-corrected chi connectivity index (χ2v) is 6.80. The normalized spacial score (nSPS) is 12.4. The largest absolute Gasteiger partial charge is 0.478 e. The van der Waals surface area contributed by atoms with E-state index in [0.29, 0.717) is 0 Å². The molecule has 8 heteroatoms. The molecule has 1 aromatic rings. The first-order chi connectivity index (χ1) is 8.53. The van der Waals surface area contributed by atoms with Crippen LogP contribution in [0.4, 0.5) is 0 Å². The second kappa shape index (κ2) is 5.46. The van der Waals surface area contributed by atoms with Gasteiger partial charge in [0.05, 0.1) is 21.1 Å². The Kier molecular flexibility index (Phi) is 4.57. The molecule has 6 nitrogen and oxygen atoms in total. The number of rotatable bonds is 4. The molecule has 0 saturated carbocycles. The number of halogens is 1. The van der Waals surface area contributed by atoms with Crippen molar-refractivity contribution in [3.05, 3.63) is 28.8 Å². The van der Waals surface area contributed by atoms with E-state index in [-0.39, 0.29) is 15.5 Å². The molecule has 0 amide bonds. The number of benzene rings is 1. The van der Waals surface area contributed by atoms with Crippen LogP contribution in [0, 0.1) is 0 Å². The fourth-order valence-electron chi connectivity index (χ4n) is 1.06. The van der Waals surface area contributed by atoms with Crippen LogP contribution >= 0.6 is 11.6 Å². The highest BCUT2D eigenvalue weighted by Gasteiger charge is 2.21. The maximum absolute atomic E-state index is 11.9. The Hall–Kier alpha value is -1.15. The second-order valence-electron chi connectivity index (χ2n) is 4.75. The van der Waals surface area contributed by atoms with Crippen LogP contribution in [0.1, 0.15) is 31.1 Å². The summed E-state index contributed by atoms with van der Waals surface area (Å²) in [6, 6.07) is 3.37.